The standard InChI is InChI=1S/C24H24FN3S/c1-17(2)15-26-24-28(23(16-29-24)20-12-6-7-13-21(20)25)27-22-14-8-4-10-18-9-3-5-11-19(18)22/h3,5-7,9,11-13,16H,1,4,8,10,14-15H2,2H3/b26-24?,27-22+. The lowest BCUT2D eigenvalue weighted by atomic mass is 10.0. The van der Waals surface area contributed by atoms with E-state index in [9.17, 15) is 4.39 Å². The van der Waals surface area contributed by atoms with Gasteiger partial charge in [-0.15, -0.1) is 11.3 Å². The number of hydrogen-bond donors (Lipinski definition) is 0. The third kappa shape index (κ3) is 4.30. The van der Waals surface area contributed by atoms with E-state index in [0.29, 0.717) is 12.1 Å². The van der Waals surface area contributed by atoms with E-state index >= 15 is 0 Å². The van der Waals surface area contributed by atoms with E-state index in [1.54, 1.807) is 12.1 Å². The maximum atomic E-state index is 14.6. The number of rotatable bonds is 4. The van der Waals surface area contributed by atoms with Gasteiger partial charge >= 0.3 is 0 Å². The number of aryl methyl sites for hydroxylation is 1. The van der Waals surface area contributed by atoms with Crippen LogP contribution >= 0.6 is 11.3 Å². The first-order chi connectivity index (χ1) is 14.1. The summed E-state index contributed by atoms with van der Waals surface area (Å²) in [6, 6.07) is 15.3. The lowest BCUT2D eigenvalue weighted by Gasteiger charge is -2.10. The van der Waals surface area contributed by atoms with Crippen LogP contribution in [0.25, 0.3) is 11.3 Å². The Bertz CT molecular complexity index is 1140. The van der Waals surface area contributed by atoms with Crippen molar-refractivity contribution >= 4 is 17.0 Å². The Balaban J connectivity index is 1.91. The molecular formula is C24H24FN3S. The Morgan fingerprint density at radius 1 is 1.07 bits per heavy atom. The zero-order valence-corrected chi connectivity index (χ0v) is 17.4. The molecule has 1 aliphatic rings. The first-order valence-electron chi connectivity index (χ1n) is 9.90. The van der Waals surface area contributed by atoms with Crippen molar-refractivity contribution in [2.45, 2.75) is 32.6 Å². The highest BCUT2D eigenvalue weighted by atomic mass is 32.1. The van der Waals surface area contributed by atoms with Gasteiger partial charge in [0.25, 0.3) is 0 Å². The van der Waals surface area contributed by atoms with E-state index in [2.05, 4.69) is 35.8 Å². The van der Waals surface area contributed by atoms with Gasteiger partial charge in [0.05, 0.1) is 18.0 Å². The van der Waals surface area contributed by atoms with Crippen molar-refractivity contribution in [2.24, 2.45) is 10.1 Å². The van der Waals surface area contributed by atoms with Gasteiger partial charge in [-0.1, -0.05) is 48.6 Å². The summed E-state index contributed by atoms with van der Waals surface area (Å²) >= 11 is 1.48. The zero-order valence-electron chi connectivity index (χ0n) is 16.6. The molecule has 0 N–H and O–H groups in total. The summed E-state index contributed by atoms with van der Waals surface area (Å²) in [6.45, 7) is 6.42. The van der Waals surface area contributed by atoms with Crippen molar-refractivity contribution in [3.63, 3.8) is 0 Å². The summed E-state index contributed by atoms with van der Waals surface area (Å²) in [4.78, 5) is 5.43. The lowest BCUT2D eigenvalue weighted by molar-refractivity contribution is 0.629. The van der Waals surface area contributed by atoms with Gasteiger partial charge in [-0.05, 0) is 50.3 Å². The Morgan fingerprint density at radius 2 is 1.79 bits per heavy atom. The van der Waals surface area contributed by atoms with Crippen molar-refractivity contribution in [2.75, 3.05) is 6.54 Å². The molecular weight excluding hydrogens is 381 g/mol. The van der Waals surface area contributed by atoms with Gasteiger partial charge in [-0.25, -0.2) is 9.07 Å². The van der Waals surface area contributed by atoms with Crippen LogP contribution in [0.2, 0.25) is 0 Å². The predicted octanol–water partition coefficient (Wildman–Crippen LogP) is 5.81. The summed E-state index contributed by atoms with van der Waals surface area (Å²) < 4.78 is 16.4. The molecule has 148 valence electrons. The molecule has 3 aromatic rings. The van der Waals surface area contributed by atoms with E-state index in [0.717, 1.165) is 47.5 Å². The summed E-state index contributed by atoms with van der Waals surface area (Å²) in [5.41, 5.74) is 5.78. The van der Waals surface area contributed by atoms with E-state index in [-0.39, 0.29) is 5.82 Å². The van der Waals surface area contributed by atoms with Gasteiger partial charge in [-0.2, -0.15) is 5.10 Å². The lowest BCUT2D eigenvalue weighted by Crippen LogP contribution is -2.16. The number of aromatic nitrogens is 1. The average Bonchev–Trinajstić information content (AvgIpc) is 2.99. The van der Waals surface area contributed by atoms with E-state index < -0.39 is 0 Å². The smallest absolute Gasteiger partial charge is 0.206 e. The molecule has 1 aromatic heterocycles. The first-order valence-corrected chi connectivity index (χ1v) is 10.8. The predicted molar refractivity (Wildman–Crippen MR) is 119 cm³/mol. The maximum absolute atomic E-state index is 14.6. The topological polar surface area (TPSA) is 29.6 Å². The normalized spacial score (nSPS) is 15.9. The van der Waals surface area contributed by atoms with Crippen LogP contribution in [-0.2, 0) is 6.42 Å². The SMILES string of the molecule is C=C(C)CN=c1scc(-c2ccccc2F)n1/N=C1\CCCCc2ccccc21. The molecule has 0 fully saturated rings. The molecule has 0 atom stereocenters. The Kier molecular flexibility index (Phi) is 5.86. The quantitative estimate of drug-likeness (QED) is 0.387. The van der Waals surface area contributed by atoms with Crippen molar-refractivity contribution < 1.29 is 4.39 Å². The first kappa shape index (κ1) is 19.5. The molecule has 1 aliphatic carbocycles. The second-order valence-electron chi connectivity index (χ2n) is 7.38. The van der Waals surface area contributed by atoms with Crippen molar-refractivity contribution in [1.82, 2.24) is 4.68 Å². The summed E-state index contributed by atoms with van der Waals surface area (Å²) in [5, 5.41) is 6.96. The second kappa shape index (κ2) is 8.70. The van der Waals surface area contributed by atoms with Gasteiger partial charge in [0.15, 0.2) is 0 Å². The molecule has 4 rings (SSSR count). The Morgan fingerprint density at radius 3 is 2.59 bits per heavy atom. The monoisotopic (exact) mass is 405 g/mol. The molecule has 0 bridgehead atoms. The highest BCUT2D eigenvalue weighted by molar-refractivity contribution is 7.07. The molecule has 29 heavy (non-hydrogen) atoms. The van der Waals surface area contributed by atoms with Crippen LogP contribution in [0.1, 0.15) is 37.3 Å². The summed E-state index contributed by atoms with van der Waals surface area (Å²) in [7, 11) is 0. The number of benzene rings is 2. The highest BCUT2D eigenvalue weighted by Gasteiger charge is 2.16. The molecule has 0 aliphatic heterocycles. The minimum absolute atomic E-state index is 0.257. The Labute approximate surface area is 174 Å². The largest absolute Gasteiger partial charge is 0.253 e. The molecule has 2 aromatic carbocycles. The third-order valence-corrected chi connectivity index (χ3v) is 5.83. The highest BCUT2D eigenvalue weighted by Crippen LogP contribution is 2.25. The van der Waals surface area contributed by atoms with Crippen LogP contribution in [0, 0.1) is 5.82 Å². The van der Waals surface area contributed by atoms with Crippen LogP contribution in [0.15, 0.2) is 76.2 Å². The summed E-state index contributed by atoms with van der Waals surface area (Å²) in [5.74, 6) is -0.257. The van der Waals surface area contributed by atoms with E-state index in [1.807, 2.05) is 23.0 Å². The third-order valence-electron chi connectivity index (χ3n) is 4.98. The van der Waals surface area contributed by atoms with Crippen LogP contribution < -0.4 is 4.80 Å². The number of thiazole rings is 1. The van der Waals surface area contributed by atoms with Crippen LogP contribution in [0.5, 0.6) is 0 Å². The maximum Gasteiger partial charge on any atom is 0.206 e. The van der Waals surface area contributed by atoms with E-state index in [4.69, 9.17) is 5.10 Å². The molecule has 0 saturated heterocycles. The molecule has 0 amide bonds. The Hall–Kier alpha value is -2.79. The minimum Gasteiger partial charge on any atom is -0.253 e. The number of fused-ring (bicyclic) bond motifs is 1. The van der Waals surface area contributed by atoms with Crippen LogP contribution in [0.4, 0.5) is 4.39 Å². The number of nitrogens with zero attached hydrogens (tertiary/aromatic N) is 3. The van der Waals surface area contributed by atoms with Gasteiger partial charge in [0, 0.05) is 16.5 Å². The zero-order chi connectivity index (χ0) is 20.2. The van der Waals surface area contributed by atoms with Crippen molar-refractivity contribution in [3.8, 4) is 11.3 Å². The van der Waals surface area contributed by atoms with E-state index in [1.165, 1.54) is 28.5 Å². The molecule has 1 heterocycles. The molecule has 0 saturated carbocycles. The number of hydrogen-bond acceptors (Lipinski definition) is 3. The van der Waals surface area contributed by atoms with Gasteiger partial charge in [-0.3, -0.25) is 4.99 Å². The molecule has 0 unspecified atom stereocenters. The fourth-order valence-corrected chi connectivity index (χ4v) is 4.37. The molecule has 0 radical (unpaired) electrons. The summed E-state index contributed by atoms with van der Waals surface area (Å²) in [6.07, 6.45) is 4.20. The van der Waals surface area contributed by atoms with Gasteiger partial charge < -0.3 is 0 Å². The van der Waals surface area contributed by atoms with Gasteiger partial charge in [0.2, 0.25) is 4.80 Å². The average molecular weight is 406 g/mol. The van der Waals surface area contributed by atoms with Gasteiger partial charge in [0.1, 0.15) is 5.82 Å². The number of halogens is 1. The molecule has 3 nitrogen and oxygen atoms in total. The fraction of sp³-hybridized carbons (Fsp3) is 0.250. The second-order valence-corrected chi connectivity index (χ2v) is 8.22. The van der Waals surface area contributed by atoms with Crippen molar-refractivity contribution in [3.05, 3.63) is 87.8 Å². The minimum atomic E-state index is -0.257. The van der Waals surface area contributed by atoms with Crippen molar-refractivity contribution in [1.29, 1.82) is 0 Å². The molecule has 5 heteroatoms. The van der Waals surface area contributed by atoms with Crippen LogP contribution in [0.3, 0.4) is 0 Å². The fourth-order valence-electron chi connectivity index (χ4n) is 3.55. The van der Waals surface area contributed by atoms with Crippen LogP contribution in [-0.4, -0.2) is 16.9 Å². The molecule has 0 spiro atoms.